The van der Waals surface area contributed by atoms with Gasteiger partial charge in [-0.3, -0.25) is 19.8 Å². The number of allylic oxidation sites excluding steroid dienone is 1. The zero-order valence-corrected chi connectivity index (χ0v) is 17.6. The maximum absolute atomic E-state index is 13.1. The average Bonchev–Trinajstić information content (AvgIpc) is 2.76. The van der Waals surface area contributed by atoms with E-state index in [2.05, 4.69) is 17.8 Å². The van der Waals surface area contributed by atoms with E-state index in [9.17, 15) is 14.4 Å². The summed E-state index contributed by atoms with van der Waals surface area (Å²) < 4.78 is 11.1. The van der Waals surface area contributed by atoms with Crippen LogP contribution in [0.15, 0.2) is 30.4 Å². The highest BCUT2D eigenvalue weighted by molar-refractivity contribution is 6.31. The topological polar surface area (TPSA) is 84.9 Å². The number of benzene rings is 1. The summed E-state index contributed by atoms with van der Waals surface area (Å²) in [5.41, 5.74) is 1.23. The van der Waals surface area contributed by atoms with E-state index in [0.717, 1.165) is 37.7 Å². The van der Waals surface area contributed by atoms with E-state index in [1.807, 2.05) is 0 Å². The maximum Gasteiger partial charge on any atom is 0.331 e. The van der Waals surface area contributed by atoms with Crippen LogP contribution in [-0.2, 0) is 16.0 Å². The van der Waals surface area contributed by atoms with Crippen molar-refractivity contribution in [3.8, 4) is 23.8 Å². The second kappa shape index (κ2) is 9.98. The first-order valence-corrected chi connectivity index (χ1v) is 10.3. The van der Waals surface area contributed by atoms with Crippen molar-refractivity contribution in [3.63, 3.8) is 0 Å². The highest BCUT2D eigenvalue weighted by Crippen LogP contribution is 2.35. The second-order valence-electron chi connectivity index (χ2n) is 7.48. The van der Waals surface area contributed by atoms with Gasteiger partial charge in [0.1, 0.15) is 12.2 Å². The van der Waals surface area contributed by atoms with Gasteiger partial charge in [-0.15, -0.1) is 13.0 Å². The van der Waals surface area contributed by atoms with Crippen molar-refractivity contribution < 1.29 is 23.9 Å². The number of imide groups is 2. The van der Waals surface area contributed by atoms with Gasteiger partial charge in [-0.05, 0) is 43.0 Å². The number of terminal acetylenes is 1. The summed E-state index contributed by atoms with van der Waals surface area (Å²) in [5, 5.41) is 2.30. The van der Waals surface area contributed by atoms with Gasteiger partial charge in [0.2, 0.25) is 0 Å². The van der Waals surface area contributed by atoms with Crippen molar-refractivity contribution in [2.75, 3.05) is 13.7 Å². The number of carbonyl (C=O) groups is 3. The maximum atomic E-state index is 13.1. The fraction of sp³-hybridized carbons (Fsp3) is 0.375. The molecule has 1 saturated heterocycles. The van der Waals surface area contributed by atoms with Crippen LogP contribution < -0.4 is 14.8 Å². The molecule has 7 nitrogen and oxygen atoms in total. The van der Waals surface area contributed by atoms with Crippen LogP contribution in [0.1, 0.15) is 43.2 Å². The van der Waals surface area contributed by atoms with Gasteiger partial charge >= 0.3 is 6.03 Å². The van der Waals surface area contributed by atoms with Crippen molar-refractivity contribution in [2.24, 2.45) is 0 Å². The normalized spacial score (nSPS) is 18.5. The molecule has 7 heteroatoms. The number of hydrogen-bond donors (Lipinski definition) is 1. The average molecular weight is 422 g/mol. The number of nitrogens with zero attached hydrogens (tertiary/aromatic N) is 1. The van der Waals surface area contributed by atoms with Gasteiger partial charge in [0.25, 0.3) is 11.8 Å². The lowest BCUT2D eigenvalue weighted by atomic mass is 9.93. The molecule has 0 unspecified atom stereocenters. The van der Waals surface area contributed by atoms with Gasteiger partial charge in [0, 0.05) is 11.6 Å². The van der Waals surface area contributed by atoms with Crippen LogP contribution in [0.25, 0.3) is 6.08 Å². The molecule has 1 aromatic rings. The molecule has 31 heavy (non-hydrogen) atoms. The summed E-state index contributed by atoms with van der Waals surface area (Å²) in [4.78, 5) is 39.2. The van der Waals surface area contributed by atoms with E-state index in [1.165, 1.54) is 18.1 Å². The smallest absolute Gasteiger partial charge is 0.331 e. The highest BCUT2D eigenvalue weighted by atomic mass is 16.5. The van der Waals surface area contributed by atoms with Gasteiger partial charge in [0.15, 0.2) is 11.5 Å². The molecule has 2 aliphatic rings. The Hall–Kier alpha value is -3.53. The Bertz CT molecular complexity index is 967. The predicted octanol–water partition coefficient (Wildman–Crippen LogP) is 3.23. The van der Waals surface area contributed by atoms with Crippen molar-refractivity contribution in [3.05, 3.63) is 41.5 Å². The fourth-order valence-electron chi connectivity index (χ4n) is 4.01. The first-order chi connectivity index (χ1) is 15.0. The van der Waals surface area contributed by atoms with Crippen molar-refractivity contribution in [1.82, 2.24) is 10.2 Å². The van der Waals surface area contributed by atoms with Gasteiger partial charge in [-0.25, -0.2) is 4.79 Å². The van der Waals surface area contributed by atoms with E-state index in [1.54, 1.807) is 18.2 Å². The van der Waals surface area contributed by atoms with E-state index in [-0.39, 0.29) is 18.2 Å². The predicted molar refractivity (Wildman–Crippen MR) is 116 cm³/mol. The molecule has 0 spiro atoms. The number of methoxy groups -OCH3 is 1. The zero-order chi connectivity index (χ0) is 22.4. The van der Waals surface area contributed by atoms with Crippen LogP contribution in [0.2, 0.25) is 0 Å². The van der Waals surface area contributed by atoms with E-state index in [0.29, 0.717) is 23.5 Å². The third-order valence-corrected chi connectivity index (χ3v) is 5.42. The minimum atomic E-state index is -0.709. The van der Waals surface area contributed by atoms with E-state index < -0.39 is 17.8 Å². The largest absolute Gasteiger partial charge is 0.493 e. The van der Waals surface area contributed by atoms with E-state index >= 15 is 0 Å². The van der Waals surface area contributed by atoms with E-state index in [4.69, 9.17) is 15.9 Å². The van der Waals surface area contributed by atoms with Crippen LogP contribution in [0.3, 0.4) is 0 Å². The second-order valence-corrected chi connectivity index (χ2v) is 7.48. The molecule has 0 atom stereocenters. The van der Waals surface area contributed by atoms with Gasteiger partial charge in [0.05, 0.1) is 7.11 Å². The number of carbonyl (C=O) groups excluding carboxylic acids is 3. The molecule has 4 amide bonds. The number of nitrogens with one attached hydrogen (secondary N) is 1. The van der Waals surface area contributed by atoms with Crippen molar-refractivity contribution in [1.29, 1.82) is 0 Å². The number of urea groups is 1. The van der Waals surface area contributed by atoms with Crippen LogP contribution in [0, 0.1) is 12.3 Å². The molecule has 0 radical (unpaired) electrons. The lowest BCUT2D eigenvalue weighted by Gasteiger charge is -2.35. The van der Waals surface area contributed by atoms with Gasteiger partial charge in [-0.1, -0.05) is 31.3 Å². The molecule has 1 aromatic carbocycles. The molecule has 2 fully saturated rings. The van der Waals surface area contributed by atoms with Gasteiger partial charge in [-0.2, -0.15) is 0 Å². The standard InChI is InChI=1S/C24H26N2O5/c1-4-9-17-13-16(15-20(30-3)21(17)31-12-5-2)14-19-22(27)25-24(29)26(23(19)28)18-10-7-6-8-11-18/h2,4,13-15,18H,1,6-12H2,3H3,(H,25,27,29). The SMILES string of the molecule is C#CCOc1c(CC=C)cc(C=C2C(=O)NC(=O)N(C3CCCCC3)C2=O)cc1OC. The summed E-state index contributed by atoms with van der Waals surface area (Å²) in [6.45, 7) is 3.83. The molecule has 1 heterocycles. The number of hydrogen-bond acceptors (Lipinski definition) is 5. The Labute approximate surface area is 182 Å². The molecule has 1 saturated carbocycles. The Morgan fingerprint density at radius 2 is 2.00 bits per heavy atom. The number of rotatable bonds is 7. The Morgan fingerprint density at radius 3 is 2.65 bits per heavy atom. The van der Waals surface area contributed by atoms with Crippen LogP contribution >= 0.6 is 0 Å². The Kier molecular flexibility index (Phi) is 7.14. The van der Waals surface area contributed by atoms with Crippen LogP contribution in [0.4, 0.5) is 4.79 Å². The lowest BCUT2D eigenvalue weighted by Crippen LogP contribution is -2.58. The quantitative estimate of drug-likeness (QED) is 0.316. The zero-order valence-electron chi connectivity index (χ0n) is 17.6. The number of amides is 4. The molecule has 1 aliphatic heterocycles. The Morgan fingerprint density at radius 1 is 1.26 bits per heavy atom. The fourth-order valence-corrected chi connectivity index (χ4v) is 4.01. The van der Waals surface area contributed by atoms with Crippen LogP contribution in [0.5, 0.6) is 11.5 Å². The molecule has 162 valence electrons. The summed E-state index contributed by atoms with van der Waals surface area (Å²) in [7, 11) is 1.49. The van der Waals surface area contributed by atoms with Crippen molar-refractivity contribution >= 4 is 23.9 Å². The highest BCUT2D eigenvalue weighted by Gasteiger charge is 2.40. The summed E-state index contributed by atoms with van der Waals surface area (Å²) in [5.74, 6) is 2.05. The third kappa shape index (κ3) is 4.80. The van der Waals surface area contributed by atoms with Crippen molar-refractivity contribution in [2.45, 2.75) is 44.6 Å². The summed E-state index contributed by atoms with van der Waals surface area (Å²) in [6.07, 6.45) is 13.4. The molecule has 1 N–H and O–H groups in total. The lowest BCUT2D eigenvalue weighted by molar-refractivity contribution is -0.132. The molecule has 0 aromatic heterocycles. The number of barbiturate groups is 1. The first-order valence-electron chi connectivity index (χ1n) is 10.3. The Balaban J connectivity index is 2.00. The molecule has 1 aliphatic carbocycles. The first kappa shape index (κ1) is 22.2. The summed E-state index contributed by atoms with van der Waals surface area (Å²) >= 11 is 0. The van der Waals surface area contributed by atoms with Gasteiger partial charge < -0.3 is 9.47 Å². The third-order valence-electron chi connectivity index (χ3n) is 5.42. The molecule has 3 rings (SSSR count). The molecular weight excluding hydrogens is 396 g/mol. The number of ether oxygens (including phenoxy) is 2. The minimum Gasteiger partial charge on any atom is -0.493 e. The molecule has 0 bridgehead atoms. The monoisotopic (exact) mass is 422 g/mol. The molecular formula is C24H26N2O5. The minimum absolute atomic E-state index is 0.0697. The summed E-state index contributed by atoms with van der Waals surface area (Å²) in [6, 6.07) is 2.60. The van der Waals surface area contributed by atoms with Crippen LogP contribution in [-0.4, -0.2) is 42.5 Å².